The standard InChI is InChI=1S/C15H12N3O2/c19-18(20)15-9-5-4-8-14(15)12-10-16-17(11-12)13-6-2-1-3-7-13/h1-11,19H/q-1. The molecule has 0 radical (unpaired) electrons. The molecule has 0 aliphatic heterocycles. The lowest BCUT2D eigenvalue weighted by Crippen LogP contribution is -2.08. The summed E-state index contributed by atoms with van der Waals surface area (Å²) in [5.74, 6) is 0. The number of anilines is 1. The molecule has 1 heterocycles. The van der Waals surface area contributed by atoms with E-state index in [0.717, 1.165) is 11.3 Å². The van der Waals surface area contributed by atoms with E-state index in [2.05, 4.69) is 5.10 Å². The Morgan fingerprint density at radius 1 is 1.00 bits per heavy atom. The second-order valence-electron chi connectivity index (χ2n) is 4.30. The largest absolute Gasteiger partial charge is 0.733 e. The zero-order valence-corrected chi connectivity index (χ0v) is 10.5. The van der Waals surface area contributed by atoms with Crippen LogP contribution < -0.4 is 5.23 Å². The predicted molar refractivity (Wildman–Crippen MR) is 76.6 cm³/mol. The molecule has 2 aromatic carbocycles. The van der Waals surface area contributed by atoms with E-state index in [1.165, 1.54) is 0 Å². The van der Waals surface area contributed by atoms with E-state index in [1.807, 2.05) is 42.6 Å². The summed E-state index contributed by atoms with van der Waals surface area (Å²) in [6.45, 7) is 0. The fourth-order valence-corrected chi connectivity index (χ4v) is 2.07. The molecule has 5 nitrogen and oxygen atoms in total. The van der Waals surface area contributed by atoms with Gasteiger partial charge in [0.1, 0.15) is 0 Å². The van der Waals surface area contributed by atoms with E-state index in [-0.39, 0.29) is 10.9 Å². The number of para-hydroxylation sites is 2. The molecule has 0 saturated heterocycles. The minimum atomic E-state index is -0.130. The first-order valence-electron chi connectivity index (χ1n) is 6.11. The minimum Gasteiger partial charge on any atom is -0.733 e. The van der Waals surface area contributed by atoms with Gasteiger partial charge >= 0.3 is 0 Å². The van der Waals surface area contributed by atoms with Crippen molar-refractivity contribution in [3.05, 3.63) is 72.2 Å². The number of hydrogen-bond donors (Lipinski definition) is 1. The average Bonchev–Trinajstić information content (AvgIpc) is 2.98. The zero-order valence-electron chi connectivity index (χ0n) is 10.5. The Morgan fingerprint density at radius 2 is 1.70 bits per heavy atom. The van der Waals surface area contributed by atoms with Crippen molar-refractivity contribution in [3.8, 4) is 16.8 Å². The lowest BCUT2D eigenvalue weighted by Gasteiger charge is -2.24. The average molecular weight is 266 g/mol. The smallest absolute Gasteiger partial charge is 0.0645 e. The van der Waals surface area contributed by atoms with Crippen LogP contribution in [0.3, 0.4) is 0 Å². The lowest BCUT2D eigenvalue weighted by molar-refractivity contribution is 0.297. The fourth-order valence-electron chi connectivity index (χ4n) is 2.07. The van der Waals surface area contributed by atoms with Crippen molar-refractivity contribution < 1.29 is 5.21 Å². The van der Waals surface area contributed by atoms with Gasteiger partial charge in [-0.05, 0) is 18.2 Å². The molecule has 100 valence electrons. The van der Waals surface area contributed by atoms with Crippen LogP contribution in [0.1, 0.15) is 0 Å². The molecule has 0 unspecified atom stereocenters. The van der Waals surface area contributed by atoms with Gasteiger partial charge in [-0.1, -0.05) is 36.4 Å². The first kappa shape index (κ1) is 12.4. The third-order valence-corrected chi connectivity index (χ3v) is 3.02. The Hall–Kier alpha value is -2.63. The molecule has 3 aromatic rings. The van der Waals surface area contributed by atoms with E-state index in [0.29, 0.717) is 5.56 Å². The van der Waals surface area contributed by atoms with Crippen LogP contribution in [0.4, 0.5) is 5.69 Å². The summed E-state index contributed by atoms with van der Waals surface area (Å²) in [6, 6.07) is 16.5. The molecule has 5 heteroatoms. The normalized spacial score (nSPS) is 10.5. The quantitative estimate of drug-likeness (QED) is 0.739. The topological polar surface area (TPSA) is 64.3 Å². The number of rotatable bonds is 3. The van der Waals surface area contributed by atoms with Gasteiger partial charge in [0.05, 0.1) is 17.6 Å². The SMILES string of the molecule is [O-]N(O)c1ccccc1-c1cnn(-c2ccccc2)c1. The molecule has 0 saturated carbocycles. The van der Waals surface area contributed by atoms with Crippen LogP contribution in [0.2, 0.25) is 0 Å². The van der Waals surface area contributed by atoms with Crippen molar-refractivity contribution >= 4 is 5.69 Å². The highest BCUT2D eigenvalue weighted by Gasteiger charge is 2.08. The van der Waals surface area contributed by atoms with Gasteiger partial charge < -0.3 is 10.4 Å². The molecule has 0 aliphatic rings. The molecule has 0 spiro atoms. The Bertz CT molecular complexity index is 708. The van der Waals surface area contributed by atoms with Gasteiger partial charge in [0.2, 0.25) is 0 Å². The van der Waals surface area contributed by atoms with Gasteiger partial charge in [-0.3, -0.25) is 5.21 Å². The number of aromatic nitrogens is 2. The van der Waals surface area contributed by atoms with Crippen LogP contribution in [-0.4, -0.2) is 15.0 Å². The maximum absolute atomic E-state index is 11.2. The maximum atomic E-state index is 11.2. The summed E-state index contributed by atoms with van der Waals surface area (Å²) < 4.78 is 1.72. The summed E-state index contributed by atoms with van der Waals surface area (Å²) in [5.41, 5.74) is 2.52. The van der Waals surface area contributed by atoms with E-state index >= 15 is 0 Å². The number of benzene rings is 2. The van der Waals surface area contributed by atoms with Crippen molar-refractivity contribution in [1.82, 2.24) is 9.78 Å². The van der Waals surface area contributed by atoms with Crippen molar-refractivity contribution in [2.75, 3.05) is 5.23 Å². The van der Waals surface area contributed by atoms with Crippen LogP contribution in [0.25, 0.3) is 16.8 Å². The van der Waals surface area contributed by atoms with Crippen molar-refractivity contribution in [3.63, 3.8) is 0 Å². The Labute approximate surface area is 115 Å². The van der Waals surface area contributed by atoms with E-state index in [4.69, 9.17) is 5.21 Å². The molecule has 1 N–H and O–H groups in total. The molecule has 20 heavy (non-hydrogen) atoms. The number of hydrogen-bond acceptors (Lipinski definition) is 4. The summed E-state index contributed by atoms with van der Waals surface area (Å²) in [5, 5.41) is 24.4. The predicted octanol–water partition coefficient (Wildman–Crippen LogP) is 3.23. The van der Waals surface area contributed by atoms with Gasteiger partial charge in [-0.25, -0.2) is 4.68 Å². The highest BCUT2D eigenvalue weighted by Crippen LogP contribution is 2.29. The van der Waals surface area contributed by atoms with Crippen LogP contribution in [0.5, 0.6) is 0 Å². The second kappa shape index (κ2) is 5.16. The van der Waals surface area contributed by atoms with E-state index in [1.54, 1.807) is 29.1 Å². The molecule has 0 aliphatic carbocycles. The monoisotopic (exact) mass is 266 g/mol. The summed E-state index contributed by atoms with van der Waals surface area (Å²) >= 11 is 0. The van der Waals surface area contributed by atoms with Gasteiger partial charge in [0.25, 0.3) is 0 Å². The third-order valence-electron chi connectivity index (χ3n) is 3.02. The first-order valence-corrected chi connectivity index (χ1v) is 6.11. The molecular weight excluding hydrogens is 254 g/mol. The highest BCUT2D eigenvalue weighted by molar-refractivity contribution is 5.77. The summed E-state index contributed by atoms with van der Waals surface area (Å²) in [4.78, 5) is 0. The molecule has 1 aromatic heterocycles. The summed E-state index contributed by atoms with van der Waals surface area (Å²) in [6.07, 6.45) is 3.48. The van der Waals surface area contributed by atoms with Gasteiger partial charge in [-0.15, -0.1) is 0 Å². The van der Waals surface area contributed by atoms with Gasteiger partial charge in [0.15, 0.2) is 0 Å². The van der Waals surface area contributed by atoms with E-state index in [9.17, 15) is 5.21 Å². The molecule has 3 rings (SSSR count). The van der Waals surface area contributed by atoms with Crippen molar-refractivity contribution in [2.45, 2.75) is 0 Å². The van der Waals surface area contributed by atoms with Crippen LogP contribution in [-0.2, 0) is 0 Å². The highest BCUT2D eigenvalue weighted by atomic mass is 16.8. The molecule has 0 atom stereocenters. The first-order chi connectivity index (χ1) is 9.75. The second-order valence-corrected chi connectivity index (χ2v) is 4.30. The van der Waals surface area contributed by atoms with Crippen molar-refractivity contribution in [1.29, 1.82) is 0 Å². The minimum absolute atomic E-state index is 0.130. The van der Waals surface area contributed by atoms with Gasteiger partial charge in [-0.2, -0.15) is 5.10 Å². The number of nitrogens with zero attached hydrogens (tertiary/aromatic N) is 3. The Morgan fingerprint density at radius 3 is 2.45 bits per heavy atom. The lowest BCUT2D eigenvalue weighted by atomic mass is 10.1. The Balaban J connectivity index is 2.03. The zero-order chi connectivity index (χ0) is 13.9. The molecule has 0 amide bonds. The van der Waals surface area contributed by atoms with Crippen LogP contribution in [0.15, 0.2) is 67.0 Å². The summed E-state index contributed by atoms with van der Waals surface area (Å²) in [7, 11) is 0. The molecule has 0 fully saturated rings. The molecule has 0 bridgehead atoms. The van der Waals surface area contributed by atoms with Crippen molar-refractivity contribution in [2.24, 2.45) is 0 Å². The Kier molecular flexibility index (Phi) is 3.20. The molecular formula is C15H12N3O2-. The van der Waals surface area contributed by atoms with Gasteiger partial charge in [0, 0.05) is 17.3 Å². The fraction of sp³-hybridized carbons (Fsp3) is 0. The van der Waals surface area contributed by atoms with E-state index < -0.39 is 0 Å². The van der Waals surface area contributed by atoms with Crippen LogP contribution in [0, 0.1) is 5.21 Å². The third kappa shape index (κ3) is 2.27. The maximum Gasteiger partial charge on any atom is 0.0645 e. The van der Waals surface area contributed by atoms with Crippen LogP contribution >= 0.6 is 0 Å².